The molecule has 0 radical (unpaired) electrons. The third-order valence-corrected chi connectivity index (χ3v) is 4.48. The van der Waals surface area contributed by atoms with E-state index in [1.165, 1.54) is 0 Å². The second kappa shape index (κ2) is 4.90. The highest BCUT2D eigenvalue weighted by Gasteiger charge is 2.52. The summed E-state index contributed by atoms with van der Waals surface area (Å²) in [5.74, 6) is 0. The normalized spacial score (nSPS) is 30.5. The number of alkyl halides is 2. The van der Waals surface area contributed by atoms with Gasteiger partial charge in [0, 0.05) is 5.56 Å². The number of nitriles is 1. The van der Waals surface area contributed by atoms with Crippen LogP contribution in [0, 0.1) is 11.3 Å². The van der Waals surface area contributed by atoms with Gasteiger partial charge in [0.2, 0.25) is 5.60 Å². The molecule has 0 fully saturated rings. The maximum absolute atomic E-state index is 14.6. The monoisotopic (exact) mass is 297 g/mol. The van der Waals surface area contributed by atoms with E-state index in [0.717, 1.165) is 5.56 Å². The molecule has 0 amide bonds. The Balaban J connectivity index is 2.60. The molecule has 102 valence electrons. The van der Waals surface area contributed by atoms with Gasteiger partial charge in [0.1, 0.15) is 6.07 Å². The van der Waals surface area contributed by atoms with Crippen molar-refractivity contribution in [1.29, 1.82) is 5.26 Å². The molecule has 0 bridgehead atoms. The first-order chi connectivity index (χ1) is 8.80. The molecule has 3 atom stereocenters. The topological polar surface area (TPSA) is 33.0 Å². The zero-order chi connectivity index (χ0) is 14.3. The number of rotatable bonds is 2. The first-order valence-corrected chi connectivity index (χ1v) is 10.1. The van der Waals surface area contributed by atoms with Gasteiger partial charge in [0.15, 0.2) is 14.5 Å². The number of nitrogens with zero attached hydrogens (tertiary/aromatic N) is 1. The van der Waals surface area contributed by atoms with E-state index in [4.69, 9.17) is 16.0 Å². The van der Waals surface area contributed by atoms with E-state index >= 15 is 0 Å². The van der Waals surface area contributed by atoms with Crippen molar-refractivity contribution in [2.24, 2.45) is 0 Å². The minimum Gasteiger partial charge on any atom is -0.394 e. The summed E-state index contributed by atoms with van der Waals surface area (Å²) in [5.41, 5.74) is -0.0355. The molecular weight excluding hydrogens is 281 g/mol. The molecule has 0 aromatic heterocycles. The van der Waals surface area contributed by atoms with Gasteiger partial charge in [-0.15, -0.1) is 11.6 Å². The summed E-state index contributed by atoms with van der Waals surface area (Å²) < 4.78 is 20.6. The maximum Gasteiger partial charge on any atom is 0.203 e. The van der Waals surface area contributed by atoms with E-state index in [-0.39, 0.29) is 0 Å². The van der Waals surface area contributed by atoms with Gasteiger partial charge in [0.05, 0.1) is 5.38 Å². The predicted octanol–water partition coefficient (Wildman–Crippen LogP) is 3.76. The molecule has 19 heavy (non-hydrogen) atoms. The summed E-state index contributed by atoms with van der Waals surface area (Å²) in [7, 11) is -2.10. The van der Waals surface area contributed by atoms with E-state index < -0.39 is 25.5 Å². The van der Waals surface area contributed by atoms with Crippen LogP contribution in [0.1, 0.15) is 11.1 Å². The number of fused-ring (bicyclic) bond motifs is 1. The molecule has 0 saturated carbocycles. The summed E-state index contributed by atoms with van der Waals surface area (Å²) in [6, 6.07) is 9.40. The zero-order valence-electron chi connectivity index (χ0n) is 11.3. The highest BCUT2D eigenvalue weighted by molar-refractivity contribution is 6.69. The molecule has 1 aromatic carbocycles. The lowest BCUT2D eigenvalue weighted by Gasteiger charge is -2.42. The number of halogens is 2. The molecule has 2 unspecified atom stereocenters. The number of hydrogen-bond donors (Lipinski definition) is 0. The Labute approximate surface area is 119 Å². The van der Waals surface area contributed by atoms with E-state index in [0.29, 0.717) is 12.0 Å². The van der Waals surface area contributed by atoms with Crippen molar-refractivity contribution in [3.05, 3.63) is 35.4 Å². The SMILES string of the molecule is C[Si](C)(C)OC1(C#N)c2ccccc2C[C@H](Cl)C1F. The highest BCUT2D eigenvalue weighted by Crippen LogP contribution is 2.43. The van der Waals surface area contributed by atoms with E-state index in [1.807, 2.05) is 31.8 Å². The lowest BCUT2D eigenvalue weighted by Crippen LogP contribution is -2.52. The Morgan fingerprint density at radius 3 is 2.63 bits per heavy atom. The van der Waals surface area contributed by atoms with Gasteiger partial charge in [-0.25, -0.2) is 4.39 Å². The minimum atomic E-state index is -2.10. The first-order valence-electron chi connectivity index (χ1n) is 6.28. The third-order valence-electron chi connectivity index (χ3n) is 3.17. The molecular formula is C14H17ClFNOSi. The standard InChI is InChI=1S/C14H17ClFNOSi/c1-19(2,3)18-14(9-17)11-7-5-4-6-10(11)8-12(15)13(14)16/h4-7,12-13H,8H2,1-3H3/t12-,13?,14?/m0/s1. The highest BCUT2D eigenvalue weighted by atomic mass is 35.5. The molecule has 0 saturated heterocycles. The minimum absolute atomic E-state index is 0.428. The Bertz CT molecular complexity index is 525. The van der Waals surface area contributed by atoms with Crippen LogP contribution in [-0.4, -0.2) is 19.9 Å². The molecule has 1 aliphatic carbocycles. The Morgan fingerprint density at radius 1 is 1.42 bits per heavy atom. The Hall–Kier alpha value is -0.893. The molecule has 1 aromatic rings. The first kappa shape index (κ1) is 14.5. The van der Waals surface area contributed by atoms with Crippen LogP contribution in [-0.2, 0) is 16.4 Å². The molecule has 2 rings (SSSR count). The van der Waals surface area contributed by atoms with E-state index in [9.17, 15) is 9.65 Å². The molecule has 2 nitrogen and oxygen atoms in total. The van der Waals surface area contributed by atoms with Crippen molar-refractivity contribution in [2.45, 2.75) is 43.2 Å². The van der Waals surface area contributed by atoms with Gasteiger partial charge in [-0.05, 0) is 31.6 Å². The second-order valence-corrected chi connectivity index (χ2v) is 10.8. The van der Waals surface area contributed by atoms with Crippen LogP contribution >= 0.6 is 11.6 Å². The number of benzene rings is 1. The van der Waals surface area contributed by atoms with Crippen molar-refractivity contribution in [2.75, 3.05) is 0 Å². The molecule has 0 aliphatic heterocycles. The average Bonchev–Trinajstić information content (AvgIpc) is 2.33. The van der Waals surface area contributed by atoms with E-state index in [1.54, 1.807) is 12.1 Å². The van der Waals surface area contributed by atoms with Gasteiger partial charge >= 0.3 is 0 Å². The predicted molar refractivity (Wildman–Crippen MR) is 76.4 cm³/mol. The fourth-order valence-electron chi connectivity index (χ4n) is 2.52. The lowest BCUT2D eigenvalue weighted by atomic mass is 9.78. The van der Waals surface area contributed by atoms with Crippen LogP contribution in [0.2, 0.25) is 19.6 Å². The summed E-state index contributed by atoms with van der Waals surface area (Å²) in [4.78, 5) is 0. The van der Waals surface area contributed by atoms with E-state index in [2.05, 4.69) is 6.07 Å². The van der Waals surface area contributed by atoms with Crippen molar-refractivity contribution in [1.82, 2.24) is 0 Å². The van der Waals surface area contributed by atoms with Gasteiger partial charge in [-0.1, -0.05) is 24.3 Å². The van der Waals surface area contributed by atoms with Crippen LogP contribution in [0.4, 0.5) is 4.39 Å². The fraction of sp³-hybridized carbons (Fsp3) is 0.500. The summed E-state index contributed by atoms with van der Waals surface area (Å²) in [5, 5.41) is 8.86. The van der Waals surface area contributed by atoms with Crippen molar-refractivity contribution < 1.29 is 8.82 Å². The molecule has 0 spiro atoms. The van der Waals surface area contributed by atoms with Crippen molar-refractivity contribution in [3.8, 4) is 6.07 Å². The summed E-state index contributed by atoms with van der Waals surface area (Å²) in [6.07, 6.45) is -1.09. The van der Waals surface area contributed by atoms with Crippen LogP contribution in [0.25, 0.3) is 0 Å². The van der Waals surface area contributed by atoms with Crippen LogP contribution < -0.4 is 0 Å². The summed E-state index contributed by atoms with van der Waals surface area (Å²) in [6.45, 7) is 5.83. The molecule has 5 heteroatoms. The summed E-state index contributed by atoms with van der Waals surface area (Å²) >= 11 is 6.10. The average molecular weight is 298 g/mol. The Morgan fingerprint density at radius 2 is 2.05 bits per heavy atom. The quantitative estimate of drug-likeness (QED) is 0.615. The van der Waals surface area contributed by atoms with Gasteiger partial charge in [-0.3, -0.25) is 0 Å². The zero-order valence-corrected chi connectivity index (χ0v) is 13.0. The fourth-order valence-corrected chi connectivity index (χ4v) is 4.09. The maximum atomic E-state index is 14.6. The van der Waals surface area contributed by atoms with Crippen molar-refractivity contribution >= 4 is 19.9 Å². The smallest absolute Gasteiger partial charge is 0.203 e. The lowest BCUT2D eigenvalue weighted by molar-refractivity contribution is 0.0169. The molecule has 1 aliphatic rings. The van der Waals surface area contributed by atoms with Gasteiger partial charge in [0.25, 0.3) is 0 Å². The van der Waals surface area contributed by atoms with Gasteiger partial charge in [-0.2, -0.15) is 5.26 Å². The van der Waals surface area contributed by atoms with Crippen LogP contribution in [0.5, 0.6) is 0 Å². The third kappa shape index (κ3) is 2.55. The second-order valence-electron chi connectivity index (χ2n) is 5.84. The Kier molecular flexibility index (Phi) is 3.74. The van der Waals surface area contributed by atoms with Crippen LogP contribution in [0.15, 0.2) is 24.3 Å². The largest absolute Gasteiger partial charge is 0.394 e. The molecule has 0 heterocycles. The number of hydrogen-bond acceptors (Lipinski definition) is 2. The molecule has 0 N–H and O–H groups in total. The van der Waals surface area contributed by atoms with Crippen molar-refractivity contribution in [3.63, 3.8) is 0 Å². The van der Waals surface area contributed by atoms with Gasteiger partial charge < -0.3 is 4.43 Å². The van der Waals surface area contributed by atoms with Crippen LogP contribution in [0.3, 0.4) is 0 Å².